The van der Waals surface area contributed by atoms with Gasteiger partial charge in [-0.3, -0.25) is 4.79 Å². The Morgan fingerprint density at radius 3 is 2.65 bits per heavy atom. The van der Waals surface area contributed by atoms with E-state index in [1.807, 2.05) is 6.92 Å². The van der Waals surface area contributed by atoms with Crippen LogP contribution in [0.15, 0.2) is 12.1 Å². The molecular weight excluding hydrogens is 238 g/mol. The van der Waals surface area contributed by atoms with Gasteiger partial charge < -0.3 is 10.5 Å². The van der Waals surface area contributed by atoms with Crippen LogP contribution in [0.1, 0.15) is 28.8 Å². The molecule has 0 atom stereocenters. The molecular formula is C13H16ClNO2. The summed E-state index contributed by atoms with van der Waals surface area (Å²) in [5, 5.41) is 0.565. The summed E-state index contributed by atoms with van der Waals surface area (Å²) in [6, 6.07) is 3.64. The van der Waals surface area contributed by atoms with Crippen molar-refractivity contribution < 1.29 is 9.53 Å². The zero-order valence-electron chi connectivity index (χ0n) is 10.00. The van der Waals surface area contributed by atoms with Gasteiger partial charge in [0, 0.05) is 17.0 Å². The molecule has 0 saturated heterocycles. The number of ketones is 1. The van der Waals surface area contributed by atoms with Gasteiger partial charge in [-0.2, -0.15) is 0 Å². The molecule has 0 bridgehead atoms. The molecule has 3 nitrogen and oxygen atoms in total. The Balaban J connectivity index is 2.33. The lowest BCUT2D eigenvalue weighted by molar-refractivity contribution is 0.0829. The summed E-state index contributed by atoms with van der Waals surface area (Å²) in [4.78, 5) is 12.3. The van der Waals surface area contributed by atoms with Crippen LogP contribution in [-0.4, -0.2) is 18.9 Å². The van der Waals surface area contributed by atoms with Gasteiger partial charge in [0.25, 0.3) is 0 Å². The molecule has 0 unspecified atom stereocenters. The molecule has 0 spiro atoms. The Morgan fingerprint density at radius 2 is 2.12 bits per heavy atom. The first kappa shape index (κ1) is 12.4. The number of methoxy groups -OCH3 is 1. The van der Waals surface area contributed by atoms with E-state index in [9.17, 15) is 4.79 Å². The molecule has 1 aliphatic carbocycles. The molecule has 17 heavy (non-hydrogen) atoms. The fourth-order valence-electron chi connectivity index (χ4n) is 2.28. The molecule has 0 radical (unpaired) electrons. The molecule has 2 N–H and O–H groups in total. The summed E-state index contributed by atoms with van der Waals surface area (Å²) in [6.07, 6.45) is 1.51. The maximum Gasteiger partial charge on any atom is 0.169 e. The van der Waals surface area contributed by atoms with Gasteiger partial charge >= 0.3 is 0 Å². The van der Waals surface area contributed by atoms with Gasteiger partial charge in [0.1, 0.15) is 5.75 Å². The van der Waals surface area contributed by atoms with E-state index in [0.29, 0.717) is 16.3 Å². The summed E-state index contributed by atoms with van der Waals surface area (Å²) in [5.41, 5.74) is 7.17. The van der Waals surface area contributed by atoms with E-state index in [2.05, 4.69) is 0 Å². The lowest BCUT2D eigenvalue weighted by Gasteiger charge is -2.31. The fraction of sp³-hybridized carbons (Fsp3) is 0.462. The molecule has 1 saturated carbocycles. The molecule has 4 heteroatoms. The minimum Gasteiger partial charge on any atom is -0.496 e. The van der Waals surface area contributed by atoms with Crippen LogP contribution < -0.4 is 10.5 Å². The summed E-state index contributed by atoms with van der Waals surface area (Å²) >= 11 is 5.99. The van der Waals surface area contributed by atoms with Gasteiger partial charge in [-0.15, -0.1) is 0 Å². The average Bonchev–Trinajstić information content (AvgIpc) is 2.23. The van der Waals surface area contributed by atoms with Crippen molar-refractivity contribution in [3.8, 4) is 5.75 Å². The van der Waals surface area contributed by atoms with Gasteiger partial charge in [0.2, 0.25) is 0 Å². The number of halogens is 1. The predicted molar refractivity (Wildman–Crippen MR) is 67.8 cm³/mol. The van der Waals surface area contributed by atoms with Gasteiger partial charge in [0.05, 0.1) is 12.7 Å². The smallest absolute Gasteiger partial charge is 0.169 e. The van der Waals surface area contributed by atoms with Gasteiger partial charge in [-0.1, -0.05) is 11.6 Å². The highest BCUT2D eigenvalue weighted by Crippen LogP contribution is 2.35. The van der Waals surface area contributed by atoms with Gasteiger partial charge in [-0.25, -0.2) is 0 Å². The van der Waals surface area contributed by atoms with E-state index in [0.717, 1.165) is 18.4 Å². The molecule has 0 aromatic heterocycles. The van der Waals surface area contributed by atoms with Crippen LogP contribution in [0.3, 0.4) is 0 Å². The minimum atomic E-state index is 0.0248. The number of ether oxygens (including phenoxy) is 1. The standard InChI is InChI=1S/C13H16ClNO2/c1-7-3-9(14)6-11(13(7)17-2)12(16)8-4-10(15)5-8/h3,6,8,10H,4-5,15H2,1-2H3. The molecule has 1 fully saturated rings. The Kier molecular flexibility index (Phi) is 3.40. The van der Waals surface area contributed by atoms with Crippen molar-refractivity contribution in [3.05, 3.63) is 28.3 Å². The monoisotopic (exact) mass is 253 g/mol. The molecule has 0 aliphatic heterocycles. The van der Waals surface area contributed by atoms with E-state index >= 15 is 0 Å². The third-order valence-electron chi connectivity index (χ3n) is 3.25. The van der Waals surface area contributed by atoms with Gasteiger partial charge in [-0.05, 0) is 37.5 Å². The highest BCUT2D eigenvalue weighted by Gasteiger charge is 2.34. The maximum absolute atomic E-state index is 12.3. The highest BCUT2D eigenvalue weighted by atomic mass is 35.5. The Morgan fingerprint density at radius 1 is 1.47 bits per heavy atom. The molecule has 1 aliphatic rings. The van der Waals surface area contributed by atoms with Crippen molar-refractivity contribution in [2.45, 2.75) is 25.8 Å². The van der Waals surface area contributed by atoms with Crippen LogP contribution in [-0.2, 0) is 0 Å². The fourth-order valence-corrected chi connectivity index (χ4v) is 2.55. The van der Waals surface area contributed by atoms with Crippen molar-refractivity contribution in [1.29, 1.82) is 0 Å². The van der Waals surface area contributed by atoms with Crippen molar-refractivity contribution >= 4 is 17.4 Å². The van der Waals surface area contributed by atoms with Gasteiger partial charge in [0.15, 0.2) is 5.78 Å². The molecule has 1 aromatic rings. The van der Waals surface area contributed by atoms with E-state index in [1.165, 1.54) is 0 Å². The number of aryl methyl sites for hydroxylation is 1. The second kappa shape index (κ2) is 4.67. The van der Waals surface area contributed by atoms with Crippen LogP contribution in [0.5, 0.6) is 5.75 Å². The van der Waals surface area contributed by atoms with E-state index in [4.69, 9.17) is 22.1 Å². The zero-order valence-corrected chi connectivity index (χ0v) is 10.8. The molecule has 0 heterocycles. The number of rotatable bonds is 3. The lowest BCUT2D eigenvalue weighted by Crippen LogP contribution is -2.40. The van der Waals surface area contributed by atoms with Crippen LogP contribution >= 0.6 is 11.6 Å². The second-order valence-electron chi connectivity index (χ2n) is 4.60. The second-order valence-corrected chi connectivity index (χ2v) is 5.03. The third-order valence-corrected chi connectivity index (χ3v) is 3.47. The number of Topliss-reactive ketones (excluding diaryl/α,β-unsaturated/α-hetero) is 1. The molecule has 92 valence electrons. The van der Waals surface area contributed by atoms with Crippen molar-refractivity contribution in [2.75, 3.05) is 7.11 Å². The minimum absolute atomic E-state index is 0.0248. The quantitative estimate of drug-likeness (QED) is 0.843. The summed E-state index contributed by atoms with van der Waals surface area (Å²) in [6.45, 7) is 1.88. The van der Waals surface area contributed by atoms with Crippen molar-refractivity contribution in [1.82, 2.24) is 0 Å². The number of carbonyl (C=O) groups excluding carboxylic acids is 1. The number of benzene rings is 1. The molecule has 0 amide bonds. The summed E-state index contributed by atoms with van der Waals surface area (Å²) < 4.78 is 5.29. The average molecular weight is 254 g/mol. The number of nitrogens with two attached hydrogens (primary N) is 1. The van der Waals surface area contributed by atoms with E-state index in [-0.39, 0.29) is 17.7 Å². The van der Waals surface area contributed by atoms with Crippen molar-refractivity contribution in [3.63, 3.8) is 0 Å². The Bertz CT molecular complexity index is 453. The first-order valence-corrected chi connectivity index (χ1v) is 6.04. The highest BCUT2D eigenvalue weighted by molar-refractivity contribution is 6.31. The van der Waals surface area contributed by atoms with Crippen LogP contribution in [0.4, 0.5) is 0 Å². The summed E-state index contributed by atoms with van der Waals surface area (Å²) in [5.74, 6) is 0.741. The first-order valence-electron chi connectivity index (χ1n) is 5.67. The zero-order chi connectivity index (χ0) is 12.6. The topological polar surface area (TPSA) is 52.3 Å². The Labute approximate surface area is 106 Å². The largest absolute Gasteiger partial charge is 0.496 e. The van der Waals surface area contributed by atoms with Crippen LogP contribution in [0.2, 0.25) is 5.02 Å². The normalized spacial score (nSPS) is 23.1. The number of hydrogen-bond acceptors (Lipinski definition) is 3. The molecule has 1 aromatic carbocycles. The lowest BCUT2D eigenvalue weighted by atomic mass is 9.76. The van der Waals surface area contributed by atoms with E-state index < -0.39 is 0 Å². The molecule has 2 rings (SSSR count). The van der Waals surface area contributed by atoms with Crippen molar-refractivity contribution in [2.24, 2.45) is 11.7 Å². The first-order chi connectivity index (χ1) is 8.02. The number of hydrogen-bond donors (Lipinski definition) is 1. The Hall–Kier alpha value is -1.06. The van der Waals surface area contributed by atoms with E-state index in [1.54, 1.807) is 19.2 Å². The number of carbonyl (C=O) groups is 1. The third kappa shape index (κ3) is 2.31. The van der Waals surface area contributed by atoms with Crippen LogP contribution in [0, 0.1) is 12.8 Å². The maximum atomic E-state index is 12.3. The SMILES string of the molecule is COc1c(C)cc(Cl)cc1C(=O)C1CC(N)C1. The van der Waals surface area contributed by atoms with Crippen LogP contribution in [0.25, 0.3) is 0 Å². The predicted octanol–water partition coefficient (Wildman–Crippen LogP) is 2.58. The summed E-state index contributed by atoms with van der Waals surface area (Å²) in [7, 11) is 1.57.